The van der Waals surface area contributed by atoms with Crippen molar-refractivity contribution in [3.8, 4) is 0 Å². The zero-order valence-electron chi connectivity index (χ0n) is 13.0. The van der Waals surface area contributed by atoms with Crippen LogP contribution in [0.3, 0.4) is 0 Å². The number of hydrogen-bond acceptors (Lipinski definition) is 4. The Bertz CT molecular complexity index is 613. The number of halogens is 1. The molecule has 1 aromatic heterocycles. The lowest BCUT2D eigenvalue weighted by molar-refractivity contribution is -0.0251. The Morgan fingerprint density at radius 2 is 2.14 bits per heavy atom. The highest BCUT2D eigenvalue weighted by Crippen LogP contribution is 2.30. The third-order valence-electron chi connectivity index (χ3n) is 4.20. The molecule has 1 aromatic carbocycles. The van der Waals surface area contributed by atoms with E-state index < -0.39 is 0 Å². The molecule has 0 N–H and O–H groups in total. The highest BCUT2D eigenvalue weighted by molar-refractivity contribution is 7.09. The van der Waals surface area contributed by atoms with Crippen LogP contribution in [0.4, 0.5) is 4.39 Å². The number of aryl methyl sites for hydroxylation is 1. The lowest BCUT2D eigenvalue weighted by Crippen LogP contribution is -2.37. The minimum Gasteiger partial charge on any atom is -0.373 e. The molecule has 0 radical (unpaired) electrons. The predicted octanol–water partition coefficient (Wildman–Crippen LogP) is 3.94. The molecular weight excluding hydrogens is 299 g/mol. The Balaban J connectivity index is 1.63. The first-order chi connectivity index (χ1) is 10.6. The van der Waals surface area contributed by atoms with Crippen LogP contribution in [0.2, 0.25) is 0 Å². The summed E-state index contributed by atoms with van der Waals surface area (Å²) in [6.07, 6.45) is 2.02. The topological polar surface area (TPSA) is 25.4 Å². The Morgan fingerprint density at radius 3 is 2.82 bits per heavy atom. The van der Waals surface area contributed by atoms with Crippen molar-refractivity contribution in [1.29, 1.82) is 0 Å². The average Bonchev–Trinajstić information content (AvgIpc) is 2.93. The molecule has 0 aliphatic carbocycles. The van der Waals surface area contributed by atoms with Gasteiger partial charge in [-0.2, -0.15) is 0 Å². The predicted molar refractivity (Wildman–Crippen MR) is 86.4 cm³/mol. The first-order valence-corrected chi connectivity index (χ1v) is 8.48. The van der Waals surface area contributed by atoms with Gasteiger partial charge in [0.15, 0.2) is 0 Å². The number of rotatable bonds is 4. The second kappa shape index (κ2) is 6.86. The number of aromatic nitrogens is 1. The Morgan fingerprint density at radius 1 is 1.36 bits per heavy atom. The summed E-state index contributed by atoms with van der Waals surface area (Å²) in [6, 6.07) is 7.12. The van der Waals surface area contributed by atoms with Gasteiger partial charge in [0, 0.05) is 24.6 Å². The quantitative estimate of drug-likeness (QED) is 0.853. The average molecular weight is 320 g/mol. The zero-order chi connectivity index (χ0) is 15.5. The maximum Gasteiger partial charge on any atom is 0.123 e. The highest BCUT2D eigenvalue weighted by Gasteiger charge is 2.26. The van der Waals surface area contributed by atoms with Crippen molar-refractivity contribution in [2.24, 2.45) is 0 Å². The number of ether oxygens (including phenoxy) is 1. The van der Waals surface area contributed by atoms with Crippen molar-refractivity contribution in [3.63, 3.8) is 0 Å². The van der Waals surface area contributed by atoms with Gasteiger partial charge in [0.1, 0.15) is 5.82 Å². The normalized spacial score (nSPS) is 22.2. The third kappa shape index (κ3) is 3.72. The molecule has 0 bridgehead atoms. The van der Waals surface area contributed by atoms with Crippen molar-refractivity contribution in [1.82, 2.24) is 9.88 Å². The fourth-order valence-corrected chi connectivity index (χ4v) is 3.56. The molecule has 2 aromatic rings. The summed E-state index contributed by atoms with van der Waals surface area (Å²) in [6.45, 7) is 3.64. The summed E-state index contributed by atoms with van der Waals surface area (Å²) in [4.78, 5) is 6.89. The highest BCUT2D eigenvalue weighted by atomic mass is 32.1. The molecule has 22 heavy (non-hydrogen) atoms. The van der Waals surface area contributed by atoms with Crippen LogP contribution in [0.1, 0.15) is 35.2 Å². The molecule has 1 fully saturated rings. The van der Waals surface area contributed by atoms with Crippen molar-refractivity contribution < 1.29 is 9.13 Å². The number of hydrogen-bond donors (Lipinski definition) is 0. The molecule has 2 heterocycles. The van der Waals surface area contributed by atoms with Gasteiger partial charge in [-0.1, -0.05) is 12.1 Å². The van der Waals surface area contributed by atoms with Crippen LogP contribution in [-0.4, -0.2) is 29.6 Å². The molecule has 3 rings (SSSR count). The summed E-state index contributed by atoms with van der Waals surface area (Å²) in [5.41, 5.74) is 2.19. The van der Waals surface area contributed by atoms with E-state index in [0.29, 0.717) is 6.04 Å². The smallest absolute Gasteiger partial charge is 0.123 e. The third-order valence-corrected chi connectivity index (χ3v) is 5.02. The van der Waals surface area contributed by atoms with Crippen LogP contribution in [-0.2, 0) is 11.3 Å². The molecular formula is C17H21FN2OS. The van der Waals surface area contributed by atoms with E-state index >= 15 is 0 Å². The van der Waals surface area contributed by atoms with Gasteiger partial charge < -0.3 is 4.74 Å². The van der Waals surface area contributed by atoms with Gasteiger partial charge >= 0.3 is 0 Å². The lowest BCUT2D eigenvalue weighted by atomic mass is 9.96. The molecule has 0 spiro atoms. The first-order valence-electron chi connectivity index (χ1n) is 7.60. The van der Waals surface area contributed by atoms with Crippen LogP contribution < -0.4 is 0 Å². The molecule has 1 aliphatic heterocycles. The van der Waals surface area contributed by atoms with E-state index in [1.807, 2.05) is 19.1 Å². The monoisotopic (exact) mass is 320 g/mol. The van der Waals surface area contributed by atoms with Gasteiger partial charge in [-0.25, -0.2) is 9.37 Å². The lowest BCUT2D eigenvalue weighted by Gasteiger charge is -2.35. The molecule has 1 saturated heterocycles. The van der Waals surface area contributed by atoms with Gasteiger partial charge in [0.25, 0.3) is 0 Å². The van der Waals surface area contributed by atoms with Crippen LogP contribution >= 0.6 is 11.3 Å². The summed E-state index contributed by atoms with van der Waals surface area (Å²) < 4.78 is 18.9. The first kappa shape index (κ1) is 15.6. The van der Waals surface area contributed by atoms with E-state index in [2.05, 4.69) is 22.3 Å². The van der Waals surface area contributed by atoms with Crippen LogP contribution in [0.15, 0.2) is 29.6 Å². The molecule has 2 atom stereocenters. The number of thiazole rings is 1. The van der Waals surface area contributed by atoms with Crippen LogP contribution in [0, 0.1) is 12.7 Å². The molecule has 0 saturated carbocycles. The maximum atomic E-state index is 13.0. The minimum absolute atomic E-state index is 0.0546. The van der Waals surface area contributed by atoms with Crippen molar-refractivity contribution >= 4 is 11.3 Å². The van der Waals surface area contributed by atoms with E-state index in [4.69, 9.17) is 4.74 Å². The minimum atomic E-state index is -0.202. The summed E-state index contributed by atoms with van der Waals surface area (Å²) in [7, 11) is 2.15. The zero-order valence-corrected chi connectivity index (χ0v) is 13.8. The maximum absolute atomic E-state index is 13.0. The van der Waals surface area contributed by atoms with Gasteiger partial charge in [-0.3, -0.25) is 4.90 Å². The van der Waals surface area contributed by atoms with Crippen molar-refractivity contribution in [2.45, 2.75) is 38.5 Å². The van der Waals surface area contributed by atoms with E-state index in [-0.39, 0.29) is 11.9 Å². The van der Waals surface area contributed by atoms with E-state index in [0.717, 1.165) is 42.3 Å². The molecule has 1 aliphatic rings. The van der Waals surface area contributed by atoms with Gasteiger partial charge in [0.05, 0.1) is 16.8 Å². The van der Waals surface area contributed by atoms with Gasteiger partial charge in [-0.05, 0) is 44.5 Å². The summed E-state index contributed by atoms with van der Waals surface area (Å²) in [5.74, 6) is -0.202. The van der Waals surface area contributed by atoms with E-state index in [9.17, 15) is 4.39 Å². The van der Waals surface area contributed by atoms with Gasteiger partial charge in [0.2, 0.25) is 0 Å². The number of benzene rings is 1. The number of nitrogens with zero attached hydrogens (tertiary/aromatic N) is 2. The molecule has 3 nitrogen and oxygen atoms in total. The molecule has 0 amide bonds. The van der Waals surface area contributed by atoms with Gasteiger partial charge in [-0.15, -0.1) is 11.3 Å². The summed E-state index contributed by atoms with van der Waals surface area (Å²) >= 11 is 1.69. The largest absolute Gasteiger partial charge is 0.373 e. The molecule has 0 unspecified atom stereocenters. The Kier molecular flexibility index (Phi) is 4.86. The fraction of sp³-hybridized carbons (Fsp3) is 0.471. The van der Waals surface area contributed by atoms with E-state index in [1.54, 1.807) is 11.3 Å². The second-order valence-electron chi connectivity index (χ2n) is 5.86. The fourth-order valence-electron chi connectivity index (χ4n) is 2.95. The SMILES string of the molecule is Cc1nc(CN(C)[C@H]2CCO[C@@H](c3ccc(F)cc3)C2)cs1. The van der Waals surface area contributed by atoms with Crippen molar-refractivity contribution in [2.75, 3.05) is 13.7 Å². The Labute approximate surface area is 134 Å². The molecule has 5 heteroatoms. The van der Waals surface area contributed by atoms with Crippen molar-refractivity contribution in [3.05, 3.63) is 51.7 Å². The van der Waals surface area contributed by atoms with Crippen LogP contribution in [0.5, 0.6) is 0 Å². The van der Waals surface area contributed by atoms with E-state index in [1.165, 1.54) is 12.1 Å². The summed E-state index contributed by atoms with van der Waals surface area (Å²) in [5, 5.41) is 3.24. The van der Waals surface area contributed by atoms with Crippen LogP contribution in [0.25, 0.3) is 0 Å². The molecule has 118 valence electrons. The standard InChI is InChI=1S/C17H21FN2OS/c1-12-19-15(11-22-12)10-20(2)16-7-8-21-17(9-16)13-3-5-14(18)6-4-13/h3-6,11,16-17H,7-10H2,1-2H3/t16-,17+/m0/s1. The second-order valence-corrected chi connectivity index (χ2v) is 6.92. The Hall–Kier alpha value is -1.30.